The average molecular weight is 619 g/mol. The molecule has 0 aliphatic carbocycles. The van der Waals surface area contributed by atoms with Crippen LogP contribution < -0.4 is 11.2 Å². The maximum absolute atomic E-state index is 13.4. The molecular weight excluding hydrogens is 580 g/mol. The third-order valence-corrected chi connectivity index (χ3v) is 8.14. The molecule has 12 nitrogen and oxygen atoms in total. The van der Waals surface area contributed by atoms with Gasteiger partial charge in [-0.3, -0.25) is 19.0 Å². The van der Waals surface area contributed by atoms with Gasteiger partial charge in [-0.05, 0) is 64.1 Å². The maximum atomic E-state index is 13.4. The minimum atomic E-state index is -0.340. The number of hydrogen-bond acceptors (Lipinski definition) is 4. The topological polar surface area (TPSA) is 114 Å². The Kier molecular flexibility index (Phi) is 8.27. The third kappa shape index (κ3) is 5.46. The van der Waals surface area contributed by atoms with E-state index in [1.54, 1.807) is 21.5 Å². The highest BCUT2D eigenvalue weighted by Gasteiger charge is 2.17. The lowest BCUT2D eigenvalue weighted by Gasteiger charge is -2.04. The van der Waals surface area contributed by atoms with Gasteiger partial charge in [0.05, 0.1) is 33.5 Å². The smallest absolute Gasteiger partial charge is 0.298 e. The van der Waals surface area contributed by atoms with Crippen molar-refractivity contribution < 1.29 is 9.59 Å². The minimum Gasteiger partial charge on any atom is -0.313 e. The van der Waals surface area contributed by atoms with E-state index >= 15 is 0 Å². The first kappa shape index (κ1) is 30.5. The number of nitrogens with zero attached hydrogens (tertiary/aromatic N) is 10. The van der Waals surface area contributed by atoms with Gasteiger partial charge in [-0.1, -0.05) is 36.4 Å². The summed E-state index contributed by atoms with van der Waals surface area (Å²) >= 11 is 0. The van der Waals surface area contributed by atoms with Crippen LogP contribution in [0, 0.1) is 13.8 Å². The van der Waals surface area contributed by atoms with Gasteiger partial charge >= 0.3 is 0 Å². The zero-order chi connectivity index (χ0) is 32.5. The van der Waals surface area contributed by atoms with Crippen LogP contribution in [-0.4, -0.2) is 49.6 Å². The van der Waals surface area contributed by atoms with E-state index in [2.05, 4.69) is 20.2 Å². The van der Waals surface area contributed by atoms with E-state index in [1.165, 1.54) is 0 Å². The number of amides is 2. The summed E-state index contributed by atoms with van der Waals surface area (Å²) in [7, 11) is 3.83. The van der Waals surface area contributed by atoms with Crippen LogP contribution in [0.4, 0.5) is 0 Å². The summed E-state index contributed by atoms with van der Waals surface area (Å²) in [6, 6.07) is 19.5. The number of benzene rings is 2. The highest BCUT2D eigenvalue weighted by atomic mass is 16.2. The molecule has 46 heavy (non-hydrogen) atoms. The molecule has 236 valence electrons. The Morgan fingerprint density at radius 2 is 1.02 bits per heavy atom. The third-order valence-electron chi connectivity index (χ3n) is 8.14. The highest BCUT2D eigenvalue weighted by molar-refractivity contribution is 5.94. The normalized spacial score (nSPS) is 12.8. The van der Waals surface area contributed by atoms with Gasteiger partial charge in [-0.25, -0.2) is 0 Å². The fourth-order valence-electron chi connectivity index (χ4n) is 5.95. The van der Waals surface area contributed by atoms with E-state index in [9.17, 15) is 9.59 Å². The van der Waals surface area contributed by atoms with Crippen molar-refractivity contribution in [2.75, 3.05) is 0 Å². The van der Waals surface area contributed by atoms with E-state index in [4.69, 9.17) is 0 Å². The van der Waals surface area contributed by atoms with Crippen LogP contribution in [-0.2, 0) is 40.3 Å². The number of imidazole rings is 2. The SMILES string of the molecule is CCn1nc(C)cc1C(=O)N=c1n(C)c2ccccc2n1C/C=C/Cn1c(=NC(=O)c2cc(C)nn2CC)n(C)c2ccccc21. The molecule has 0 unspecified atom stereocenters. The van der Waals surface area contributed by atoms with Crippen molar-refractivity contribution in [1.29, 1.82) is 0 Å². The van der Waals surface area contributed by atoms with Crippen LogP contribution in [0.15, 0.2) is 82.8 Å². The molecule has 0 aliphatic heterocycles. The molecular formula is C34H38N10O2. The molecule has 6 aromatic rings. The first-order chi connectivity index (χ1) is 22.2. The quantitative estimate of drug-likeness (QED) is 0.239. The van der Waals surface area contributed by atoms with Crippen molar-refractivity contribution in [2.45, 2.75) is 53.9 Å². The number of aromatic nitrogens is 8. The van der Waals surface area contributed by atoms with Gasteiger partial charge in [0.25, 0.3) is 11.8 Å². The molecule has 0 saturated carbocycles. The van der Waals surface area contributed by atoms with Crippen LogP contribution in [0.2, 0.25) is 0 Å². The lowest BCUT2D eigenvalue weighted by atomic mass is 10.3. The predicted octanol–water partition coefficient (Wildman–Crippen LogP) is 4.06. The monoisotopic (exact) mass is 618 g/mol. The molecule has 0 saturated heterocycles. The molecule has 4 aromatic heterocycles. The van der Waals surface area contributed by atoms with E-state index in [-0.39, 0.29) is 11.8 Å². The van der Waals surface area contributed by atoms with Crippen molar-refractivity contribution in [1.82, 2.24) is 37.8 Å². The maximum Gasteiger partial charge on any atom is 0.298 e. The van der Waals surface area contributed by atoms with Crippen molar-refractivity contribution in [3.8, 4) is 0 Å². The Labute approximate surface area is 265 Å². The molecule has 0 bridgehead atoms. The van der Waals surface area contributed by atoms with Crippen LogP contribution >= 0.6 is 0 Å². The van der Waals surface area contributed by atoms with Crippen molar-refractivity contribution in [3.05, 3.63) is 107 Å². The summed E-state index contributed by atoms with van der Waals surface area (Å²) in [5.41, 5.74) is 7.41. The van der Waals surface area contributed by atoms with Crippen molar-refractivity contribution >= 4 is 33.9 Å². The number of fused-ring (bicyclic) bond motifs is 2. The summed E-state index contributed by atoms with van der Waals surface area (Å²) < 4.78 is 11.3. The molecule has 0 radical (unpaired) electrons. The van der Waals surface area contributed by atoms with Crippen LogP contribution in [0.3, 0.4) is 0 Å². The number of hydrogen-bond donors (Lipinski definition) is 0. The van der Waals surface area contributed by atoms with Gasteiger partial charge < -0.3 is 18.3 Å². The number of allylic oxidation sites excluding steroid dienone is 2. The van der Waals surface area contributed by atoms with E-state index in [1.807, 2.05) is 121 Å². The largest absolute Gasteiger partial charge is 0.313 e. The summed E-state index contributed by atoms with van der Waals surface area (Å²) in [4.78, 5) is 35.9. The summed E-state index contributed by atoms with van der Waals surface area (Å²) in [6.45, 7) is 9.76. The molecule has 2 aromatic carbocycles. The van der Waals surface area contributed by atoms with Gasteiger partial charge in [-0.2, -0.15) is 20.2 Å². The number of carbonyl (C=O) groups excluding carboxylic acids is 2. The lowest BCUT2D eigenvalue weighted by Crippen LogP contribution is -2.27. The van der Waals surface area contributed by atoms with Gasteiger partial charge in [0.15, 0.2) is 0 Å². The van der Waals surface area contributed by atoms with Crippen molar-refractivity contribution in [2.24, 2.45) is 24.1 Å². The van der Waals surface area contributed by atoms with Gasteiger partial charge in [0.1, 0.15) is 11.4 Å². The number of para-hydroxylation sites is 4. The Balaban J connectivity index is 1.37. The number of aryl methyl sites for hydroxylation is 6. The van der Waals surface area contributed by atoms with Crippen LogP contribution in [0.1, 0.15) is 46.2 Å². The standard InChI is InChI=1S/C34H38N10O2/c1-7-43-29(21-23(3)37-43)31(45)35-33-39(5)25-15-9-11-17-27(25)41(33)19-13-14-20-42-28-18-12-10-16-26(28)40(6)34(42)36-32(46)30-22-24(4)38-44(30)8-2/h9-18,21-22H,7-8,19-20H2,1-6H3/b14-13+,35-33?,36-34?. The predicted molar refractivity (Wildman–Crippen MR) is 176 cm³/mol. The van der Waals surface area contributed by atoms with Crippen molar-refractivity contribution in [3.63, 3.8) is 0 Å². The molecule has 0 aliphatic rings. The fraction of sp³-hybridized carbons (Fsp3) is 0.294. The van der Waals surface area contributed by atoms with Crippen LogP contribution in [0.25, 0.3) is 22.1 Å². The molecule has 6 rings (SSSR count). The second kappa shape index (κ2) is 12.5. The zero-order valence-electron chi connectivity index (χ0n) is 27.0. The molecule has 0 fully saturated rings. The Morgan fingerprint density at radius 1 is 0.652 bits per heavy atom. The first-order valence-electron chi connectivity index (χ1n) is 15.4. The Morgan fingerprint density at radius 3 is 1.39 bits per heavy atom. The summed E-state index contributed by atoms with van der Waals surface area (Å²) in [5.74, 6) is -0.680. The Hall–Kier alpha value is -5.52. The van der Waals surface area contributed by atoms with Gasteiger partial charge in [-0.15, -0.1) is 0 Å². The molecule has 0 atom stereocenters. The highest BCUT2D eigenvalue weighted by Crippen LogP contribution is 2.15. The van der Waals surface area contributed by atoms with E-state index in [0.717, 1.165) is 33.5 Å². The molecule has 4 heterocycles. The number of rotatable bonds is 8. The van der Waals surface area contributed by atoms with E-state index in [0.29, 0.717) is 48.8 Å². The molecule has 0 spiro atoms. The van der Waals surface area contributed by atoms with Gasteiger partial charge in [0.2, 0.25) is 11.2 Å². The molecule has 12 heteroatoms. The Bertz CT molecular complexity index is 2120. The zero-order valence-corrected chi connectivity index (χ0v) is 27.0. The second-order valence-electron chi connectivity index (χ2n) is 11.2. The number of carbonyl (C=O) groups is 2. The first-order valence-corrected chi connectivity index (χ1v) is 15.4. The summed E-state index contributed by atoms with van der Waals surface area (Å²) in [6.07, 6.45) is 4.10. The van der Waals surface area contributed by atoms with Crippen LogP contribution in [0.5, 0.6) is 0 Å². The lowest BCUT2D eigenvalue weighted by molar-refractivity contribution is 0.0977. The fourth-order valence-corrected chi connectivity index (χ4v) is 5.95. The summed E-state index contributed by atoms with van der Waals surface area (Å²) in [5, 5.41) is 8.84. The second-order valence-corrected chi connectivity index (χ2v) is 11.2. The molecule has 0 N–H and O–H groups in total. The van der Waals surface area contributed by atoms with Gasteiger partial charge in [0, 0.05) is 40.3 Å². The molecule has 2 amide bonds. The van der Waals surface area contributed by atoms with E-state index < -0.39 is 0 Å². The average Bonchev–Trinajstić information content (AvgIpc) is 3.78. The minimum absolute atomic E-state index is 0.340.